The molecule has 10 heteroatoms. The summed E-state index contributed by atoms with van der Waals surface area (Å²) in [6.07, 6.45) is 4.26. The maximum Gasteiger partial charge on any atom is 0.345 e. The number of carbonyl (C=O) groups excluding carboxylic acids is 2. The largest absolute Gasteiger partial charge is 0.345 e. The second-order valence-corrected chi connectivity index (χ2v) is 8.29. The third kappa shape index (κ3) is 4.80. The molecule has 0 spiro atoms. The summed E-state index contributed by atoms with van der Waals surface area (Å²) < 4.78 is 0. The Morgan fingerprint density at radius 3 is 3.04 bits per heavy atom. The minimum Gasteiger partial charge on any atom is -0.331 e. The molecule has 0 aromatic rings. The van der Waals surface area contributed by atoms with Gasteiger partial charge < -0.3 is 11.1 Å². The van der Waals surface area contributed by atoms with Crippen LogP contribution in [0, 0.1) is 0 Å². The lowest BCUT2D eigenvalue weighted by molar-refractivity contribution is -0.507. The number of hydrazine groups is 1. The van der Waals surface area contributed by atoms with Gasteiger partial charge in [-0.2, -0.15) is 22.1 Å². The highest BCUT2D eigenvalue weighted by Crippen LogP contribution is 2.37. The maximum absolute atomic E-state index is 12.4. The van der Waals surface area contributed by atoms with Gasteiger partial charge in [-0.15, -0.1) is 0 Å². The minimum atomic E-state index is -0.642. The zero-order chi connectivity index (χ0) is 18.5. The summed E-state index contributed by atoms with van der Waals surface area (Å²) in [4.78, 5) is 34.0. The molecule has 0 aromatic carbocycles. The number of nitrogens with zero attached hydrogens (tertiary/aromatic N) is 1. The van der Waals surface area contributed by atoms with E-state index in [2.05, 4.69) is 20.7 Å². The molecular formula is C16H28N4O5S. The predicted octanol–water partition coefficient (Wildman–Crippen LogP) is 1.19. The van der Waals surface area contributed by atoms with Crippen molar-refractivity contribution in [2.24, 2.45) is 5.73 Å². The van der Waals surface area contributed by atoms with Crippen LogP contribution in [0.2, 0.25) is 0 Å². The van der Waals surface area contributed by atoms with Gasteiger partial charge in [0.25, 0.3) is 0 Å². The molecular weight excluding hydrogens is 360 g/mol. The highest BCUT2D eigenvalue weighted by atomic mass is 32.2. The molecule has 148 valence electrons. The average molecular weight is 388 g/mol. The van der Waals surface area contributed by atoms with Crippen molar-refractivity contribution in [1.29, 1.82) is 0 Å². The molecule has 9 nitrogen and oxygen atoms in total. The van der Waals surface area contributed by atoms with Crippen LogP contribution in [-0.2, 0) is 19.6 Å². The van der Waals surface area contributed by atoms with Crippen LogP contribution in [0.5, 0.6) is 0 Å². The Labute approximate surface area is 157 Å². The van der Waals surface area contributed by atoms with Gasteiger partial charge in [-0.3, -0.25) is 9.90 Å². The summed E-state index contributed by atoms with van der Waals surface area (Å²) in [5.41, 5.74) is 9.10. The van der Waals surface area contributed by atoms with E-state index in [9.17, 15) is 9.59 Å². The Bertz CT molecular complexity index is 511. The molecule has 3 fully saturated rings. The Kier molecular flexibility index (Phi) is 6.98. The lowest BCUT2D eigenvalue weighted by Crippen LogP contribution is -2.54. The molecule has 3 saturated heterocycles. The highest BCUT2D eigenvalue weighted by molar-refractivity contribution is 8.00. The molecule has 3 aliphatic heterocycles. The van der Waals surface area contributed by atoms with Crippen molar-refractivity contribution < 1.29 is 24.4 Å². The van der Waals surface area contributed by atoms with Crippen LogP contribution in [-0.4, -0.2) is 52.4 Å². The van der Waals surface area contributed by atoms with Gasteiger partial charge in [-0.05, 0) is 37.1 Å². The smallest absolute Gasteiger partial charge is 0.331 e. The number of nitrogens with one attached hydrogen (secondary N) is 2. The van der Waals surface area contributed by atoms with E-state index in [1.54, 1.807) is 5.01 Å². The van der Waals surface area contributed by atoms with Gasteiger partial charge in [0, 0.05) is 23.5 Å². The summed E-state index contributed by atoms with van der Waals surface area (Å²) in [6.45, 7) is 2.01. The maximum atomic E-state index is 12.4. The van der Waals surface area contributed by atoms with Crippen molar-refractivity contribution in [3.05, 3.63) is 0 Å². The molecule has 0 aromatic heterocycles. The van der Waals surface area contributed by atoms with Crippen LogP contribution in [0.1, 0.15) is 51.9 Å². The van der Waals surface area contributed by atoms with E-state index < -0.39 is 12.2 Å². The Morgan fingerprint density at radius 2 is 2.23 bits per heavy atom. The zero-order valence-corrected chi connectivity index (χ0v) is 15.8. The fraction of sp³-hybridized carbons (Fsp3) is 0.875. The van der Waals surface area contributed by atoms with Crippen molar-refractivity contribution in [2.45, 2.75) is 81.5 Å². The number of carbonyl (C=O) groups is 2. The van der Waals surface area contributed by atoms with Gasteiger partial charge in [0.15, 0.2) is 6.23 Å². The molecule has 0 bridgehead atoms. The Balaban J connectivity index is 1.70. The van der Waals surface area contributed by atoms with Gasteiger partial charge in [-0.1, -0.05) is 13.3 Å². The zero-order valence-electron chi connectivity index (χ0n) is 15.0. The number of thioether (sulfide) groups is 1. The van der Waals surface area contributed by atoms with Crippen molar-refractivity contribution in [3.8, 4) is 0 Å². The standard InChI is InChI=1S/C16H28N4O5S/c1-2-10(17)7-8-13-19-20-15-11(18-16(20)22)9-26-12(15)5-3-4-6-14(21)24-25-23-13/h10-13,15,19H,2-9,17H2,1H3,(H,18,22)/t10?,11-,12-,13?,15-/m1/s1. The molecule has 0 saturated carbocycles. The van der Waals surface area contributed by atoms with Crippen molar-refractivity contribution in [3.63, 3.8) is 0 Å². The first-order chi connectivity index (χ1) is 12.6. The van der Waals surface area contributed by atoms with E-state index in [1.165, 1.54) is 0 Å². The van der Waals surface area contributed by atoms with Gasteiger partial charge in [0.05, 0.1) is 12.1 Å². The molecule has 2 amide bonds. The van der Waals surface area contributed by atoms with Gasteiger partial charge in [-0.25, -0.2) is 9.59 Å². The van der Waals surface area contributed by atoms with Gasteiger partial charge in [0.2, 0.25) is 0 Å². The lowest BCUT2D eigenvalue weighted by atomic mass is 10.0. The van der Waals surface area contributed by atoms with Gasteiger partial charge >= 0.3 is 12.0 Å². The van der Waals surface area contributed by atoms with Crippen LogP contribution in [0.25, 0.3) is 0 Å². The van der Waals surface area contributed by atoms with E-state index in [1.807, 2.05) is 18.7 Å². The summed E-state index contributed by atoms with van der Waals surface area (Å²) in [7, 11) is 0. The molecule has 26 heavy (non-hydrogen) atoms. The quantitative estimate of drug-likeness (QED) is 0.486. The minimum absolute atomic E-state index is 0.0301. The number of hydrogen-bond donors (Lipinski definition) is 3. The number of hydrogen-bond acceptors (Lipinski definition) is 8. The highest BCUT2D eigenvalue weighted by Gasteiger charge is 2.49. The second-order valence-electron chi connectivity index (χ2n) is 7.02. The first-order valence-electron chi connectivity index (χ1n) is 9.34. The van der Waals surface area contributed by atoms with E-state index in [0.29, 0.717) is 18.1 Å². The predicted molar refractivity (Wildman–Crippen MR) is 95.3 cm³/mol. The lowest BCUT2D eigenvalue weighted by Gasteiger charge is -2.30. The van der Waals surface area contributed by atoms with Crippen LogP contribution < -0.4 is 16.5 Å². The number of urea groups is 1. The summed E-state index contributed by atoms with van der Waals surface area (Å²) >= 11 is 1.87. The van der Waals surface area contributed by atoms with Crippen LogP contribution >= 0.6 is 11.8 Å². The van der Waals surface area contributed by atoms with E-state index >= 15 is 0 Å². The van der Waals surface area contributed by atoms with Crippen LogP contribution in [0.4, 0.5) is 4.79 Å². The first kappa shape index (κ1) is 19.7. The van der Waals surface area contributed by atoms with Crippen LogP contribution in [0.15, 0.2) is 0 Å². The summed E-state index contributed by atoms with van der Waals surface area (Å²) in [5, 5.41) is 9.65. The average Bonchev–Trinajstić information content (AvgIpc) is 3.15. The number of amides is 2. The molecule has 5 atom stereocenters. The van der Waals surface area contributed by atoms with Crippen molar-refractivity contribution in [1.82, 2.24) is 15.8 Å². The molecule has 3 rings (SSSR count). The van der Waals surface area contributed by atoms with E-state index in [0.717, 1.165) is 31.4 Å². The normalized spacial score (nSPS) is 34.2. The Hall–Kier alpha value is -1.07. The fourth-order valence-corrected chi connectivity index (χ4v) is 5.12. The third-order valence-corrected chi connectivity index (χ3v) is 6.61. The molecule has 3 heterocycles. The topological polar surface area (TPSA) is 115 Å². The fourth-order valence-electron chi connectivity index (χ4n) is 3.54. The molecule has 0 aliphatic carbocycles. The van der Waals surface area contributed by atoms with Crippen LogP contribution in [0.3, 0.4) is 0 Å². The third-order valence-electron chi connectivity index (χ3n) is 5.12. The molecule has 0 radical (unpaired) electrons. The molecule has 2 unspecified atom stereocenters. The van der Waals surface area contributed by atoms with E-state index in [4.69, 9.17) is 10.6 Å². The van der Waals surface area contributed by atoms with Crippen molar-refractivity contribution >= 4 is 23.8 Å². The Morgan fingerprint density at radius 1 is 1.38 bits per heavy atom. The second kappa shape index (κ2) is 9.23. The molecule has 3 aliphatic rings. The first-order valence-corrected chi connectivity index (χ1v) is 10.4. The number of rotatable bonds is 4. The summed E-state index contributed by atoms with van der Waals surface area (Å²) in [6, 6.07) is 0.0383. The van der Waals surface area contributed by atoms with Gasteiger partial charge in [0.1, 0.15) is 0 Å². The monoisotopic (exact) mass is 388 g/mol. The van der Waals surface area contributed by atoms with Crippen molar-refractivity contribution in [2.75, 3.05) is 5.75 Å². The molecule has 4 N–H and O–H groups in total. The van der Waals surface area contributed by atoms with E-state index in [-0.39, 0.29) is 30.6 Å². The SMILES string of the molecule is CCC(N)CCC1NN2C(=O)N[C@@H]3CS[C@H](CCCCC(=O)OOO1)[C@@H]32. The summed E-state index contributed by atoms with van der Waals surface area (Å²) in [5.74, 6) is 0.438. The number of nitrogens with two attached hydrogens (primary N) is 1.